The molecule has 0 aromatic carbocycles. The highest BCUT2D eigenvalue weighted by Gasteiger charge is 2.08. The van der Waals surface area contributed by atoms with Gasteiger partial charge in [-0.05, 0) is 6.42 Å². The summed E-state index contributed by atoms with van der Waals surface area (Å²) in [6.45, 7) is 2.26. The summed E-state index contributed by atoms with van der Waals surface area (Å²) in [5.41, 5.74) is 0. The fraction of sp³-hybridized carbons (Fsp3) is 0.857. The minimum Gasteiger partial charge on any atom is -0.215 e. The van der Waals surface area contributed by atoms with E-state index in [0.717, 1.165) is 6.42 Å². The van der Waals surface area contributed by atoms with E-state index in [1.165, 1.54) is 0 Å². The van der Waals surface area contributed by atoms with E-state index >= 15 is 0 Å². The van der Waals surface area contributed by atoms with Gasteiger partial charge in [0.15, 0.2) is 5.82 Å². The second-order valence-corrected chi connectivity index (χ2v) is 5.07. The molecule has 0 spiro atoms. The largest absolute Gasteiger partial charge is 0.215 e. The Morgan fingerprint density at radius 3 is 2.87 bits per heavy atom. The van der Waals surface area contributed by atoms with Crippen molar-refractivity contribution >= 4 is 10.0 Å². The van der Waals surface area contributed by atoms with Crippen LogP contribution in [0.4, 0.5) is 0 Å². The first-order valence-corrected chi connectivity index (χ1v) is 6.49. The highest BCUT2D eigenvalue weighted by Crippen LogP contribution is 1.93. The van der Waals surface area contributed by atoms with Gasteiger partial charge in [-0.25, -0.2) is 13.1 Å². The third-order valence-corrected chi connectivity index (χ3v) is 3.30. The molecule has 7 nitrogen and oxygen atoms in total. The van der Waals surface area contributed by atoms with Crippen LogP contribution >= 0.6 is 0 Å². The first kappa shape index (κ1) is 12.1. The molecule has 15 heavy (non-hydrogen) atoms. The van der Waals surface area contributed by atoms with Gasteiger partial charge in [-0.2, -0.15) is 5.21 Å². The fourth-order valence-electron chi connectivity index (χ4n) is 1.01. The molecule has 0 fully saturated rings. The number of H-pyrrole nitrogens is 1. The molecule has 1 rings (SSSR count). The molecule has 0 unspecified atom stereocenters. The molecule has 86 valence electrons. The Hall–Kier alpha value is -1.02. The summed E-state index contributed by atoms with van der Waals surface area (Å²) in [4.78, 5) is 0. The van der Waals surface area contributed by atoms with Gasteiger partial charge in [0.2, 0.25) is 10.0 Å². The zero-order chi connectivity index (χ0) is 11.1. The van der Waals surface area contributed by atoms with E-state index in [1.807, 2.05) is 6.92 Å². The Bertz CT molecular complexity index is 361. The molecular formula is C7H15N5O2S. The van der Waals surface area contributed by atoms with E-state index < -0.39 is 10.0 Å². The molecule has 0 saturated heterocycles. The number of aromatic nitrogens is 4. The van der Waals surface area contributed by atoms with Gasteiger partial charge >= 0.3 is 0 Å². The van der Waals surface area contributed by atoms with Gasteiger partial charge in [0.1, 0.15) is 0 Å². The van der Waals surface area contributed by atoms with Crippen molar-refractivity contribution in [1.82, 2.24) is 25.3 Å². The van der Waals surface area contributed by atoms with Gasteiger partial charge in [-0.1, -0.05) is 18.6 Å². The number of nitrogens with zero attached hydrogens (tertiary/aromatic N) is 3. The Labute approximate surface area is 88.7 Å². The van der Waals surface area contributed by atoms with Gasteiger partial charge in [-0.3, -0.25) is 0 Å². The minimum atomic E-state index is -3.13. The van der Waals surface area contributed by atoms with Crippen molar-refractivity contribution in [2.75, 3.05) is 12.3 Å². The van der Waals surface area contributed by atoms with Gasteiger partial charge < -0.3 is 0 Å². The summed E-state index contributed by atoms with van der Waals surface area (Å²) < 4.78 is 25.2. The Balaban J connectivity index is 2.24. The monoisotopic (exact) mass is 233 g/mol. The van der Waals surface area contributed by atoms with E-state index in [4.69, 9.17) is 0 Å². The second-order valence-electron chi connectivity index (χ2n) is 3.14. The standard InChI is InChI=1S/C7H15N5O2S/c1-2-3-6-15(13,14)8-5-4-7-9-11-12-10-7/h8H,2-6H2,1H3,(H,9,10,11,12). The zero-order valence-electron chi connectivity index (χ0n) is 8.60. The van der Waals surface area contributed by atoms with Crippen LogP contribution in [0.3, 0.4) is 0 Å². The van der Waals surface area contributed by atoms with Gasteiger partial charge in [-0.15, -0.1) is 10.2 Å². The molecule has 1 heterocycles. The maximum atomic E-state index is 11.3. The average molecular weight is 233 g/mol. The number of sulfonamides is 1. The Morgan fingerprint density at radius 1 is 1.47 bits per heavy atom. The highest BCUT2D eigenvalue weighted by molar-refractivity contribution is 7.89. The number of hydrogen-bond donors (Lipinski definition) is 2. The van der Waals surface area contributed by atoms with Crippen LogP contribution < -0.4 is 4.72 Å². The van der Waals surface area contributed by atoms with Crippen molar-refractivity contribution in [1.29, 1.82) is 0 Å². The lowest BCUT2D eigenvalue weighted by molar-refractivity contribution is 0.577. The third-order valence-electron chi connectivity index (χ3n) is 1.83. The smallest absolute Gasteiger partial charge is 0.211 e. The van der Waals surface area contributed by atoms with Crippen molar-refractivity contribution < 1.29 is 8.42 Å². The summed E-state index contributed by atoms with van der Waals surface area (Å²) >= 11 is 0. The van der Waals surface area contributed by atoms with Crippen LogP contribution in [0.25, 0.3) is 0 Å². The first-order valence-electron chi connectivity index (χ1n) is 4.83. The minimum absolute atomic E-state index is 0.176. The number of hydrogen-bond acceptors (Lipinski definition) is 5. The van der Waals surface area contributed by atoms with E-state index in [-0.39, 0.29) is 5.75 Å². The van der Waals surface area contributed by atoms with E-state index in [2.05, 4.69) is 25.3 Å². The van der Waals surface area contributed by atoms with Gasteiger partial charge in [0, 0.05) is 13.0 Å². The van der Waals surface area contributed by atoms with Crippen LogP contribution in [-0.2, 0) is 16.4 Å². The molecule has 1 aromatic heterocycles. The molecular weight excluding hydrogens is 218 g/mol. The number of unbranched alkanes of at least 4 members (excludes halogenated alkanes) is 1. The maximum Gasteiger partial charge on any atom is 0.211 e. The van der Waals surface area contributed by atoms with Gasteiger partial charge in [0.25, 0.3) is 0 Å². The molecule has 0 aliphatic rings. The SMILES string of the molecule is CCCCS(=O)(=O)NCCc1nn[nH]n1. The number of rotatable bonds is 7. The van der Waals surface area contributed by atoms with E-state index in [9.17, 15) is 8.42 Å². The maximum absolute atomic E-state index is 11.3. The quantitative estimate of drug-likeness (QED) is 0.659. The predicted octanol–water partition coefficient (Wildman–Crippen LogP) is -0.538. The Kier molecular flexibility index (Phi) is 4.63. The lowest BCUT2D eigenvalue weighted by atomic mass is 10.4. The van der Waals surface area contributed by atoms with Crippen molar-refractivity contribution in [3.05, 3.63) is 5.82 Å². The summed E-state index contributed by atoms with van der Waals surface area (Å²) in [5.74, 6) is 0.684. The number of nitrogens with one attached hydrogen (secondary N) is 2. The Morgan fingerprint density at radius 2 is 2.27 bits per heavy atom. The van der Waals surface area contributed by atoms with Crippen LogP contribution in [0.1, 0.15) is 25.6 Å². The topological polar surface area (TPSA) is 101 Å². The summed E-state index contributed by atoms with van der Waals surface area (Å²) in [6, 6.07) is 0. The van der Waals surface area contributed by atoms with Gasteiger partial charge in [0.05, 0.1) is 5.75 Å². The summed E-state index contributed by atoms with van der Waals surface area (Å²) in [7, 11) is -3.13. The van der Waals surface area contributed by atoms with E-state index in [0.29, 0.717) is 25.2 Å². The fourth-order valence-corrected chi connectivity index (χ4v) is 2.24. The molecule has 0 bridgehead atoms. The first-order chi connectivity index (χ1) is 7.14. The number of aromatic amines is 1. The lowest BCUT2D eigenvalue weighted by Crippen LogP contribution is -2.28. The molecule has 8 heteroatoms. The van der Waals surface area contributed by atoms with Crippen molar-refractivity contribution in [3.8, 4) is 0 Å². The summed E-state index contributed by atoms with van der Waals surface area (Å²) in [5, 5.41) is 13.1. The molecule has 0 aliphatic heterocycles. The average Bonchev–Trinajstić information content (AvgIpc) is 2.67. The molecule has 0 atom stereocenters. The molecule has 1 aromatic rings. The number of tetrazole rings is 1. The normalized spacial score (nSPS) is 11.8. The highest BCUT2D eigenvalue weighted by atomic mass is 32.2. The lowest BCUT2D eigenvalue weighted by Gasteiger charge is -2.03. The van der Waals surface area contributed by atoms with Crippen LogP contribution in [-0.4, -0.2) is 41.3 Å². The van der Waals surface area contributed by atoms with Crippen molar-refractivity contribution in [2.45, 2.75) is 26.2 Å². The van der Waals surface area contributed by atoms with E-state index in [1.54, 1.807) is 0 Å². The predicted molar refractivity (Wildman–Crippen MR) is 54.6 cm³/mol. The molecule has 0 amide bonds. The third kappa shape index (κ3) is 4.84. The van der Waals surface area contributed by atoms with Crippen LogP contribution in [0.5, 0.6) is 0 Å². The van der Waals surface area contributed by atoms with Crippen LogP contribution in [0, 0.1) is 0 Å². The van der Waals surface area contributed by atoms with Crippen molar-refractivity contribution in [3.63, 3.8) is 0 Å². The molecule has 0 saturated carbocycles. The molecule has 0 aliphatic carbocycles. The second kappa shape index (κ2) is 5.76. The molecule has 2 N–H and O–H groups in total. The zero-order valence-corrected chi connectivity index (χ0v) is 9.42. The summed E-state index contributed by atoms with van der Waals surface area (Å²) in [6.07, 6.45) is 1.99. The van der Waals surface area contributed by atoms with Crippen LogP contribution in [0.15, 0.2) is 0 Å². The molecule has 0 radical (unpaired) electrons. The van der Waals surface area contributed by atoms with Crippen LogP contribution in [0.2, 0.25) is 0 Å². The van der Waals surface area contributed by atoms with Crippen molar-refractivity contribution in [2.24, 2.45) is 0 Å².